The standard InChI is InChI=1S/C20H13F5N4O2/c21-17-5-4-12(6-18(17)22)19(31)27-11-29(28-14-8-16(30)10-26-9-14)15-3-1-2-13(7-15)20(23,24)25/h1-11,28,30H. The van der Waals surface area contributed by atoms with Gasteiger partial charge >= 0.3 is 6.18 Å². The molecule has 3 aromatic rings. The highest BCUT2D eigenvalue weighted by atomic mass is 19.4. The number of hydrogen-bond donors (Lipinski definition) is 2. The Morgan fingerprint density at radius 3 is 2.52 bits per heavy atom. The first-order chi connectivity index (χ1) is 14.6. The Bertz CT molecular complexity index is 1130. The molecule has 0 unspecified atom stereocenters. The fourth-order valence-electron chi connectivity index (χ4n) is 2.43. The lowest BCUT2D eigenvalue weighted by molar-refractivity contribution is -0.137. The lowest BCUT2D eigenvalue weighted by atomic mass is 10.2. The Balaban J connectivity index is 1.94. The van der Waals surface area contributed by atoms with Gasteiger partial charge in [-0.1, -0.05) is 6.07 Å². The van der Waals surface area contributed by atoms with Crippen LogP contribution < -0.4 is 10.4 Å². The molecule has 0 spiro atoms. The fourth-order valence-corrected chi connectivity index (χ4v) is 2.43. The highest BCUT2D eigenvalue weighted by molar-refractivity contribution is 6.01. The van der Waals surface area contributed by atoms with Crippen LogP contribution >= 0.6 is 0 Å². The van der Waals surface area contributed by atoms with Crippen molar-refractivity contribution >= 4 is 23.6 Å². The maximum absolute atomic E-state index is 13.3. The van der Waals surface area contributed by atoms with E-state index in [4.69, 9.17) is 0 Å². The van der Waals surface area contributed by atoms with Crippen LogP contribution in [0.4, 0.5) is 33.3 Å². The number of anilines is 2. The van der Waals surface area contributed by atoms with E-state index in [0.717, 1.165) is 47.9 Å². The molecule has 0 saturated carbocycles. The van der Waals surface area contributed by atoms with Crippen LogP contribution in [0.5, 0.6) is 5.75 Å². The van der Waals surface area contributed by atoms with Gasteiger partial charge in [0, 0.05) is 11.6 Å². The third-order valence-electron chi connectivity index (χ3n) is 3.88. The molecule has 0 radical (unpaired) electrons. The SMILES string of the molecule is O=C(N=CN(Nc1cncc(O)c1)c1cccc(C(F)(F)F)c1)c1ccc(F)c(F)c1. The number of aromatic hydroxyl groups is 1. The Labute approximate surface area is 172 Å². The second-order valence-corrected chi connectivity index (χ2v) is 6.14. The fraction of sp³-hybridized carbons (Fsp3) is 0.0500. The molecule has 0 aliphatic heterocycles. The summed E-state index contributed by atoms with van der Waals surface area (Å²) in [5.74, 6) is -3.58. The average molecular weight is 436 g/mol. The number of nitrogens with zero attached hydrogens (tertiary/aromatic N) is 3. The lowest BCUT2D eigenvalue weighted by Gasteiger charge is -2.22. The minimum atomic E-state index is -4.62. The molecule has 3 rings (SSSR count). The molecule has 1 aromatic heterocycles. The Morgan fingerprint density at radius 2 is 1.84 bits per heavy atom. The quantitative estimate of drug-likeness (QED) is 0.260. The molecule has 160 valence electrons. The summed E-state index contributed by atoms with van der Waals surface area (Å²) in [6, 6.07) is 7.77. The summed E-state index contributed by atoms with van der Waals surface area (Å²) in [7, 11) is 0. The second-order valence-electron chi connectivity index (χ2n) is 6.14. The van der Waals surface area contributed by atoms with Crippen LogP contribution in [0.2, 0.25) is 0 Å². The first-order valence-corrected chi connectivity index (χ1v) is 8.54. The van der Waals surface area contributed by atoms with Gasteiger partial charge in [-0.15, -0.1) is 0 Å². The maximum Gasteiger partial charge on any atom is 0.416 e. The number of alkyl halides is 3. The molecular weight excluding hydrogens is 423 g/mol. The normalized spacial score (nSPS) is 11.5. The van der Waals surface area contributed by atoms with Crippen LogP contribution in [0.25, 0.3) is 0 Å². The van der Waals surface area contributed by atoms with Crippen molar-refractivity contribution in [1.29, 1.82) is 0 Å². The summed E-state index contributed by atoms with van der Waals surface area (Å²) < 4.78 is 65.6. The molecule has 0 aliphatic rings. The van der Waals surface area contributed by atoms with Crippen molar-refractivity contribution in [1.82, 2.24) is 4.98 Å². The number of hydrogen-bond acceptors (Lipinski definition) is 4. The van der Waals surface area contributed by atoms with Gasteiger partial charge in [0.1, 0.15) is 12.1 Å². The van der Waals surface area contributed by atoms with Crippen molar-refractivity contribution in [2.75, 3.05) is 10.4 Å². The monoisotopic (exact) mass is 436 g/mol. The van der Waals surface area contributed by atoms with Gasteiger partial charge in [0.15, 0.2) is 11.6 Å². The van der Waals surface area contributed by atoms with Crippen molar-refractivity contribution in [3.63, 3.8) is 0 Å². The molecular formula is C20H13F5N4O2. The summed E-state index contributed by atoms with van der Waals surface area (Å²) in [6.45, 7) is 0. The Kier molecular flexibility index (Phi) is 6.14. The zero-order chi connectivity index (χ0) is 22.6. The van der Waals surface area contributed by atoms with Crippen molar-refractivity contribution in [2.45, 2.75) is 6.18 Å². The molecule has 0 aliphatic carbocycles. The summed E-state index contributed by atoms with van der Waals surface area (Å²) in [4.78, 5) is 19.5. The number of halogens is 5. The van der Waals surface area contributed by atoms with Crippen LogP contribution in [0.15, 0.2) is 65.9 Å². The first kappa shape index (κ1) is 21.7. The number of amides is 1. The molecule has 1 heterocycles. The number of rotatable bonds is 5. The van der Waals surface area contributed by atoms with E-state index >= 15 is 0 Å². The summed E-state index contributed by atoms with van der Waals surface area (Å²) in [6.07, 6.45) is -1.35. The first-order valence-electron chi connectivity index (χ1n) is 8.54. The summed E-state index contributed by atoms with van der Waals surface area (Å²) >= 11 is 0. The van der Waals surface area contributed by atoms with Gasteiger partial charge in [0.2, 0.25) is 0 Å². The van der Waals surface area contributed by atoms with Gasteiger partial charge in [-0.3, -0.25) is 15.2 Å². The minimum absolute atomic E-state index is 0.0556. The highest BCUT2D eigenvalue weighted by Gasteiger charge is 2.30. The van der Waals surface area contributed by atoms with E-state index in [0.29, 0.717) is 6.07 Å². The molecule has 0 saturated heterocycles. The van der Waals surface area contributed by atoms with Crippen LogP contribution in [0.1, 0.15) is 15.9 Å². The van der Waals surface area contributed by atoms with Crippen molar-refractivity contribution < 1.29 is 31.9 Å². The van der Waals surface area contributed by atoms with Gasteiger partial charge in [-0.05, 0) is 36.4 Å². The molecule has 0 atom stereocenters. The smallest absolute Gasteiger partial charge is 0.416 e. The zero-order valence-electron chi connectivity index (χ0n) is 15.4. The zero-order valence-corrected chi connectivity index (χ0v) is 15.4. The highest BCUT2D eigenvalue weighted by Crippen LogP contribution is 2.31. The third-order valence-corrected chi connectivity index (χ3v) is 3.88. The van der Waals surface area contributed by atoms with E-state index < -0.39 is 29.3 Å². The number of hydrazine groups is 1. The molecule has 31 heavy (non-hydrogen) atoms. The van der Waals surface area contributed by atoms with E-state index in [9.17, 15) is 31.9 Å². The van der Waals surface area contributed by atoms with Crippen LogP contribution in [-0.4, -0.2) is 22.3 Å². The van der Waals surface area contributed by atoms with Gasteiger partial charge in [-0.2, -0.15) is 18.2 Å². The average Bonchev–Trinajstić information content (AvgIpc) is 2.72. The van der Waals surface area contributed by atoms with E-state index in [1.807, 2.05) is 0 Å². The van der Waals surface area contributed by atoms with E-state index in [1.54, 1.807) is 0 Å². The third kappa shape index (κ3) is 5.53. The largest absolute Gasteiger partial charge is 0.506 e. The Hall–Kier alpha value is -4.02. The number of aromatic nitrogens is 1. The molecule has 0 bridgehead atoms. The van der Waals surface area contributed by atoms with Gasteiger partial charge in [0.25, 0.3) is 5.91 Å². The maximum atomic E-state index is 13.3. The number of nitrogens with one attached hydrogen (secondary N) is 1. The van der Waals surface area contributed by atoms with Crippen molar-refractivity contribution in [3.8, 4) is 5.75 Å². The predicted octanol–water partition coefficient (Wildman–Crippen LogP) is 4.79. The number of pyridine rings is 1. The topological polar surface area (TPSA) is 77.8 Å². The van der Waals surface area contributed by atoms with Gasteiger partial charge in [0.05, 0.1) is 29.3 Å². The molecule has 2 N–H and O–H groups in total. The minimum Gasteiger partial charge on any atom is -0.506 e. The number of benzene rings is 2. The summed E-state index contributed by atoms with van der Waals surface area (Å²) in [5, 5.41) is 10.5. The molecule has 0 fully saturated rings. The molecule has 1 amide bonds. The van der Waals surface area contributed by atoms with Crippen LogP contribution in [-0.2, 0) is 6.18 Å². The van der Waals surface area contributed by atoms with Crippen molar-refractivity contribution in [2.24, 2.45) is 4.99 Å². The van der Waals surface area contributed by atoms with E-state index in [2.05, 4.69) is 15.4 Å². The van der Waals surface area contributed by atoms with Crippen LogP contribution in [0, 0.1) is 11.6 Å². The lowest BCUT2D eigenvalue weighted by Crippen LogP contribution is -2.29. The Morgan fingerprint density at radius 1 is 1.06 bits per heavy atom. The number of carbonyl (C=O) groups excluding carboxylic acids is 1. The molecule has 6 nitrogen and oxygen atoms in total. The predicted molar refractivity (Wildman–Crippen MR) is 103 cm³/mol. The van der Waals surface area contributed by atoms with Crippen molar-refractivity contribution in [3.05, 3.63) is 83.7 Å². The number of aliphatic imine (C=N–C) groups is 1. The second kappa shape index (κ2) is 8.78. The van der Waals surface area contributed by atoms with E-state index in [-0.39, 0.29) is 22.7 Å². The van der Waals surface area contributed by atoms with Crippen LogP contribution in [0.3, 0.4) is 0 Å². The van der Waals surface area contributed by atoms with Gasteiger partial charge in [-0.25, -0.2) is 13.8 Å². The van der Waals surface area contributed by atoms with Gasteiger partial charge < -0.3 is 5.11 Å². The van der Waals surface area contributed by atoms with E-state index in [1.165, 1.54) is 18.3 Å². The molecule has 2 aromatic carbocycles. The molecule has 11 heteroatoms. The number of carbonyl (C=O) groups is 1. The summed E-state index contributed by atoms with van der Waals surface area (Å²) in [5.41, 5.74) is 1.55.